The monoisotopic (exact) mass is 219 g/mol. The molecule has 2 N–H and O–H groups in total. The maximum atomic E-state index is 10.1. The quantitative estimate of drug-likeness (QED) is 0.801. The third-order valence-corrected chi connectivity index (χ3v) is 3.98. The highest BCUT2D eigenvalue weighted by Crippen LogP contribution is 2.54. The Morgan fingerprint density at radius 2 is 1.50 bits per heavy atom. The number of anilines is 1. The van der Waals surface area contributed by atoms with Gasteiger partial charge < -0.3 is 10.4 Å². The van der Waals surface area contributed by atoms with E-state index >= 15 is 0 Å². The molecule has 0 unspecified atom stereocenters. The van der Waals surface area contributed by atoms with Crippen molar-refractivity contribution >= 4 is 5.69 Å². The van der Waals surface area contributed by atoms with Crippen LogP contribution in [0.25, 0.3) is 0 Å². The summed E-state index contributed by atoms with van der Waals surface area (Å²) in [6.07, 6.45) is -0.249. The Hall–Kier alpha value is -1.02. The fourth-order valence-electron chi connectivity index (χ4n) is 3.21. The highest BCUT2D eigenvalue weighted by molar-refractivity contribution is 5.46. The Balaban J connectivity index is 2.17. The average molecular weight is 219 g/mol. The van der Waals surface area contributed by atoms with Gasteiger partial charge in [0.2, 0.25) is 0 Å². The lowest BCUT2D eigenvalue weighted by molar-refractivity contribution is -0.162. The van der Waals surface area contributed by atoms with Crippen LogP contribution in [0.4, 0.5) is 5.69 Å². The molecule has 0 aliphatic heterocycles. The molecule has 2 heteroatoms. The lowest BCUT2D eigenvalue weighted by atomic mass is 9.49. The summed E-state index contributed by atoms with van der Waals surface area (Å²) < 4.78 is 0. The van der Waals surface area contributed by atoms with Crippen LogP contribution in [0, 0.1) is 10.8 Å². The number of para-hydroxylation sites is 1. The number of aliphatic hydroxyl groups excluding tert-OH is 1. The number of benzene rings is 1. The molecule has 88 valence electrons. The highest BCUT2D eigenvalue weighted by atomic mass is 16.3. The van der Waals surface area contributed by atoms with Gasteiger partial charge in [-0.05, 0) is 12.1 Å². The minimum Gasteiger partial charge on any atom is -0.392 e. The lowest BCUT2D eigenvalue weighted by Gasteiger charge is -2.62. The van der Waals surface area contributed by atoms with E-state index in [2.05, 4.69) is 45.1 Å². The van der Waals surface area contributed by atoms with E-state index in [1.54, 1.807) is 0 Å². The summed E-state index contributed by atoms with van der Waals surface area (Å²) in [7, 11) is 0. The van der Waals surface area contributed by atoms with Gasteiger partial charge in [0.15, 0.2) is 0 Å². The van der Waals surface area contributed by atoms with Crippen LogP contribution in [-0.4, -0.2) is 17.3 Å². The summed E-state index contributed by atoms with van der Waals surface area (Å²) in [6, 6.07) is 10.5. The van der Waals surface area contributed by atoms with Crippen LogP contribution in [0.1, 0.15) is 27.7 Å². The Kier molecular flexibility index (Phi) is 2.50. The smallest absolute Gasteiger partial charge is 0.0681 e. The van der Waals surface area contributed by atoms with Crippen LogP contribution in [0.15, 0.2) is 30.3 Å². The van der Waals surface area contributed by atoms with Crippen molar-refractivity contribution in [2.75, 3.05) is 5.32 Å². The van der Waals surface area contributed by atoms with E-state index < -0.39 is 0 Å². The highest BCUT2D eigenvalue weighted by Gasteiger charge is 2.61. The Morgan fingerprint density at radius 3 is 2.00 bits per heavy atom. The molecule has 1 aromatic rings. The normalized spacial score (nSPS) is 30.6. The van der Waals surface area contributed by atoms with Crippen LogP contribution in [0.5, 0.6) is 0 Å². The van der Waals surface area contributed by atoms with Crippen molar-refractivity contribution in [1.29, 1.82) is 0 Å². The number of nitrogens with one attached hydrogen (secondary N) is 1. The molecule has 1 aliphatic rings. The van der Waals surface area contributed by atoms with Gasteiger partial charge in [0.05, 0.1) is 6.10 Å². The van der Waals surface area contributed by atoms with Crippen molar-refractivity contribution in [2.24, 2.45) is 10.8 Å². The van der Waals surface area contributed by atoms with Gasteiger partial charge in [-0.25, -0.2) is 0 Å². The third kappa shape index (κ3) is 1.52. The fraction of sp³-hybridized carbons (Fsp3) is 0.571. The van der Waals surface area contributed by atoms with Crippen molar-refractivity contribution in [3.05, 3.63) is 30.3 Å². The van der Waals surface area contributed by atoms with Gasteiger partial charge in [0, 0.05) is 22.6 Å². The van der Waals surface area contributed by atoms with Gasteiger partial charge in [-0.3, -0.25) is 0 Å². The van der Waals surface area contributed by atoms with Gasteiger partial charge in [-0.2, -0.15) is 0 Å². The van der Waals surface area contributed by atoms with Gasteiger partial charge >= 0.3 is 0 Å². The van der Waals surface area contributed by atoms with Crippen molar-refractivity contribution in [2.45, 2.75) is 39.8 Å². The Bertz CT molecular complexity index is 354. The first-order chi connectivity index (χ1) is 7.37. The number of hydrogen-bond acceptors (Lipinski definition) is 2. The van der Waals surface area contributed by atoms with Crippen molar-refractivity contribution in [3.63, 3.8) is 0 Å². The molecule has 1 aliphatic carbocycles. The van der Waals surface area contributed by atoms with E-state index in [1.165, 1.54) is 0 Å². The molecule has 0 saturated heterocycles. The van der Waals surface area contributed by atoms with Gasteiger partial charge in [0.25, 0.3) is 0 Å². The largest absolute Gasteiger partial charge is 0.392 e. The van der Waals surface area contributed by atoms with Crippen molar-refractivity contribution < 1.29 is 5.11 Å². The van der Waals surface area contributed by atoms with Crippen LogP contribution in [0.2, 0.25) is 0 Å². The van der Waals surface area contributed by atoms with E-state index in [0.29, 0.717) is 6.04 Å². The number of hydrogen-bond donors (Lipinski definition) is 2. The maximum absolute atomic E-state index is 10.1. The molecular formula is C14H21NO. The predicted molar refractivity (Wildman–Crippen MR) is 67.4 cm³/mol. The van der Waals surface area contributed by atoms with Gasteiger partial charge in [-0.15, -0.1) is 0 Å². The predicted octanol–water partition coefficient (Wildman–Crippen LogP) is 2.89. The molecule has 1 aromatic carbocycles. The maximum Gasteiger partial charge on any atom is 0.0681 e. The zero-order valence-corrected chi connectivity index (χ0v) is 10.5. The Morgan fingerprint density at radius 1 is 1.00 bits per heavy atom. The average Bonchev–Trinajstić information content (AvgIpc) is 2.26. The van der Waals surface area contributed by atoms with Crippen molar-refractivity contribution in [1.82, 2.24) is 0 Å². The molecule has 0 amide bonds. The Labute approximate surface area is 97.7 Å². The summed E-state index contributed by atoms with van der Waals surface area (Å²) in [6.45, 7) is 8.46. The third-order valence-electron chi connectivity index (χ3n) is 3.98. The topological polar surface area (TPSA) is 32.3 Å². The van der Waals surface area contributed by atoms with E-state index in [0.717, 1.165) is 5.69 Å². The summed E-state index contributed by atoms with van der Waals surface area (Å²) in [5.74, 6) is 0. The molecule has 0 atom stereocenters. The summed E-state index contributed by atoms with van der Waals surface area (Å²) >= 11 is 0. The van der Waals surface area contributed by atoms with Gasteiger partial charge in [0.1, 0.15) is 0 Å². The number of rotatable bonds is 2. The second-order valence-electron chi connectivity index (χ2n) is 5.99. The molecule has 0 spiro atoms. The van der Waals surface area contributed by atoms with Crippen LogP contribution in [0.3, 0.4) is 0 Å². The molecule has 0 radical (unpaired) electrons. The fourth-order valence-corrected chi connectivity index (χ4v) is 3.21. The molecule has 1 saturated carbocycles. The molecule has 0 heterocycles. The van der Waals surface area contributed by atoms with Gasteiger partial charge in [-0.1, -0.05) is 45.9 Å². The first-order valence-electron chi connectivity index (χ1n) is 5.86. The zero-order chi connectivity index (χ0) is 12.0. The minimum atomic E-state index is -0.249. The first-order valence-corrected chi connectivity index (χ1v) is 5.86. The molecule has 0 aromatic heterocycles. The molecule has 2 rings (SSSR count). The zero-order valence-electron chi connectivity index (χ0n) is 10.5. The summed E-state index contributed by atoms with van der Waals surface area (Å²) in [5, 5.41) is 13.6. The molecular weight excluding hydrogens is 198 g/mol. The van der Waals surface area contributed by atoms with E-state index in [9.17, 15) is 5.11 Å². The van der Waals surface area contributed by atoms with E-state index in [4.69, 9.17) is 0 Å². The standard InChI is InChI=1S/C14H21NO/c1-13(2)11(14(3,4)12(13)16)15-10-8-6-5-7-9-10/h5-9,11-12,15-16H,1-4H3. The van der Waals surface area contributed by atoms with E-state index in [-0.39, 0.29) is 16.9 Å². The second-order valence-corrected chi connectivity index (χ2v) is 5.99. The van der Waals surface area contributed by atoms with Crippen LogP contribution >= 0.6 is 0 Å². The minimum absolute atomic E-state index is 0.0701. The molecule has 0 bridgehead atoms. The molecule has 1 fully saturated rings. The molecule has 16 heavy (non-hydrogen) atoms. The van der Waals surface area contributed by atoms with Crippen LogP contribution in [-0.2, 0) is 0 Å². The summed E-state index contributed by atoms with van der Waals surface area (Å²) in [5.41, 5.74) is 0.985. The van der Waals surface area contributed by atoms with E-state index in [1.807, 2.05) is 18.2 Å². The van der Waals surface area contributed by atoms with Crippen molar-refractivity contribution in [3.8, 4) is 0 Å². The number of aliphatic hydroxyl groups is 1. The first kappa shape index (κ1) is 11.5. The molecule has 2 nitrogen and oxygen atoms in total. The van der Waals surface area contributed by atoms with Crippen LogP contribution < -0.4 is 5.32 Å². The SMILES string of the molecule is CC1(C)C(O)C(C)(C)C1Nc1ccccc1. The summed E-state index contributed by atoms with van der Waals surface area (Å²) in [4.78, 5) is 0. The lowest BCUT2D eigenvalue weighted by Crippen LogP contribution is -2.70. The second kappa shape index (κ2) is 3.49.